The van der Waals surface area contributed by atoms with E-state index in [9.17, 15) is 9.59 Å². The number of para-hydroxylation sites is 1. The minimum Gasteiger partial charge on any atom is -0.474 e. The molecule has 2 rings (SSSR count). The summed E-state index contributed by atoms with van der Waals surface area (Å²) in [7, 11) is 0. The smallest absolute Gasteiger partial charge is 0.357 e. The zero-order valence-corrected chi connectivity index (χ0v) is 14.4. The van der Waals surface area contributed by atoms with Crippen molar-refractivity contribution in [2.45, 2.75) is 32.8 Å². The molecule has 0 N–H and O–H groups in total. The van der Waals surface area contributed by atoms with E-state index in [0.29, 0.717) is 17.1 Å². The standard InChI is InChI=1S/C19H20N2O4/c1-4-17(22)24-18(23)19(2,3)25-16-13-9-8-12-15(16)21-20-14-10-6-5-7-11-14/h5-13H,4H2,1-3H3. The van der Waals surface area contributed by atoms with Gasteiger partial charge in [-0.25, -0.2) is 4.79 Å². The van der Waals surface area contributed by atoms with Crippen LogP contribution in [-0.2, 0) is 14.3 Å². The Morgan fingerprint density at radius 1 is 0.960 bits per heavy atom. The number of carbonyl (C=O) groups is 2. The molecule has 0 aliphatic heterocycles. The fourth-order valence-corrected chi connectivity index (χ4v) is 1.85. The molecule has 0 saturated heterocycles. The molecule has 2 aromatic rings. The minimum absolute atomic E-state index is 0.115. The summed E-state index contributed by atoms with van der Waals surface area (Å²) in [6.45, 7) is 4.68. The summed E-state index contributed by atoms with van der Waals surface area (Å²) in [6, 6.07) is 16.2. The van der Waals surface area contributed by atoms with E-state index >= 15 is 0 Å². The van der Waals surface area contributed by atoms with Crippen molar-refractivity contribution in [2.75, 3.05) is 0 Å². The second kappa shape index (κ2) is 8.19. The summed E-state index contributed by atoms with van der Waals surface area (Å²) < 4.78 is 10.5. The van der Waals surface area contributed by atoms with Crippen LogP contribution in [0.1, 0.15) is 27.2 Å². The molecule has 0 atom stereocenters. The van der Waals surface area contributed by atoms with Gasteiger partial charge in [0.2, 0.25) is 5.60 Å². The third-order valence-electron chi connectivity index (χ3n) is 3.25. The summed E-state index contributed by atoms with van der Waals surface area (Å²) >= 11 is 0. The van der Waals surface area contributed by atoms with Crippen molar-refractivity contribution in [3.05, 3.63) is 54.6 Å². The summed E-state index contributed by atoms with van der Waals surface area (Å²) in [5, 5.41) is 8.33. The highest BCUT2D eigenvalue weighted by atomic mass is 16.6. The Balaban J connectivity index is 2.18. The van der Waals surface area contributed by atoms with Crippen molar-refractivity contribution in [3.8, 4) is 5.75 Å². The predicted molar refractivity (Wildman–Crippen MR) is 93.2 cm³/mol. The Kier molecular flexibility index (Phi) is 6.00. The molecule has 130 valence electrons. The van der Waals surface area contributed by atoms with Gasteiger partial charge in [-0.1, -0.05) is 37.3 Å². The molecule has 0 fully saturated rings. The third-order valence-corrected chi connectivity index (χ3v) is 3.25. The maximum Gasteiger partial charge on any atom is 0.357 e. The second-order valence-electron chi connectivity index (χ2n) is 5.73. The van der Waals surface area contributed by atoms with Gasteiger partial charge in [0.25, 0.3) is 0 Å². The molecule has 0 radical (unpaired) electrons. The average Bonchev–Trinajstić information content (AvgIpc) is 2.61. The Hall–Kier alpha value is -3.02. The zero-order chi connectivity index (χ0) is 18.3. The zero-order valence-electron chi connectivity index (χ0n) is 14.4. The van der Waals surface area contributed by atoms with E-state index in [4.69, 9.17) is 9.47 Å². The Morgan fingerprint density at radius 3 is 2.28 bits per heavy atom. The first-order valence-electron chi connectivity index (χ1n) is 7.92. The minimum atomic E-state index is -1.34. The van der Waals surface area contributed by atoms with Gasteiger partial charge in [-0.2, -0.15) is 5.11 Å². The summed E-state index contributed by atoms with van der Waals surface area (Å²) in [5.74, 6) is -0.985. The topological polar surface area (TPSA) is 77.3 Å². The van der Waals surface area contributed by atoms with E-state index in [2.05, 4.69) is 10.2 Å². The molecule has 0 bridgehead atoms. The van der Waals surface area contributed by atoms with E-state index in [1.54, 1.807) is 31.2 Å². The number of carbonyl (C=O) groups excluding carboxylic acids is 2. The van der Waals surface area contributed by atoms with E-state index in [-0.39, 0.29) is 6.42 Å². The van der Waals surface area contributed by atoms with Gasteiger partial charge >= 0.3 is 11.9 Å². The highest BCUT2D eigenvalue weighted by Gasteiger charge is 2.34. The van der Waals surface area contributed by atoms with E-state index in [1.165, 1.54) is 13.8 Å². The lowest BCUT2D eigenvalue weighted by Gasteiger charge is -2.24. The number of hydrogen-bond donors (Lipinski definition) is 0. The Bertz CT molecular complexity index is 770. The molecular weight excluding hydrogens is 320 g/mol. The monoisotopic (exact) mass is 340 g/mol. The molecular formula is C19H20N2O4. The van der Waals surface area contributed by atoms with Crippen LogP contribution in [0.2, 0.25) is 0 Å². The first-order chi connectivity index (χ1) is 11.9. The summed E-state index contributed by atoms with van der Waals surface area (Å²) in [5.41, 5.74) is -0.179. The number of azo groups is 1. The van der Waals surface area contributed by atoms with Crippen LogP contribution in [-0.4, -0.2) is 17.5 Å². The van der Waals surface area contributed by atoms with Gasteiger partial charge in [-0.05, 0) is 38.1 Å². The average molecular weight is 340 g/mol. The van der Waals surface area contributed by atoms with Gasteiger partial charge < -0.3 is 9.47 Å². The van der Waals surface area contributed by atoms with Crippen molar-refractivity contribution in [1.82, 2.24) is 0 Å². The lowest BCUT2D eigenvalue weighted by atomic mass is 10.1. The van der Waals surface area contributed by atoms with Crippen molar-refractivity contribution >= 4 is 23.3 Å². The van der Waals surface area contributed by atoms with Crippen LogP contribution in [0.3, 0.4) is 0 Å². The fraction of sp³-hybridized carbons (Fsp3) is 0.263. The maximum atomic E-state index is 12.1. The highest BCUT2D eigenvalue weighted by Crippen LogP contribution is 2.32. The Morgan fingerprint density at radius 2 is 1.60 bits per heavy atom. The first-order valence-corrected chi connectivity index (χ1v) is 7.92. The van der Waals surface area contributed by atoms with Crippen LogP contribution in [0, 0.1) is 0 Å². The van der Waals surface area contributed by atoms with Crippen LogP contribution >= 0.6 is 0 Å². The summed E-state index contributed by atoms with van der Waals surface area (Å²) in [4.78, 5) is 23.4. The van der Waals surface area contributed by atoms with Crippen molar-refractivity contribution in [3.63, 3.8) is 0 Å². The molecule has 0 unspecified atom stereocenters. The van der Waals surface area contributed by atoms with E-state index in [1.807, 2.05) is 30.3 Å². The van der Waals surface area contributed by atoms with Crippen molar-refractivity contribution in [2.24, 2.45) is 10.2 Å². The molecule has 0 amide bonds. The molecule has 0 spiro atoms. The van der Waals surface area contributed by atoms with Crippen LogP contribution < -0.4 is 4.74 Å². The van der Waals surface area contributed by atoms with Gasteiger partial charge in [-0.3, -0.25) is 4.79 Å². The molecule has 2 aromatic carbocycles. The van der Waals surface area contributed by atoms with Crippen molar-refractivity contribution in [1.29, 1.82) is 0 Å². The number of nitrogens with zero attached hydrogens (tertiary/aromatic N) is 2. The molecule has 0 aliphatic carbocycles. The van der Waals surface area contributed by atoms with Crippen LogP contribution in [0.5, 0.6) is 5.75 Å². The van der Waals surface area contributed by atoms with E-state index < -0.39 is 17.5 Å². The summed E-state index contributed by atoms with van der Waals surface area (Å²) in [6.07, 6.45) is 0.115. The van der Waals surface area contributed by atoms with Gasteiger partial charge in [0, 0.05) is 6.42 Å². The molecule has 6 nitrogen and oxygen atoms in total. The van der Waals surface area contributed by atoms with Gasteiger partial charge in [0.15, 0.2) is 0 Å². The van der Waals surface area contributed by atoms with Gasteiger partial charge in [-0.15, -0.1) is 5.11 Å². The maximum absolute atomic E-state index is 12.1. The quantitative estimate of drug-likeness (QED) is 0.432. The van der Waals surface area contributed by atoms with Crippen LogP contribution in [0.4, 0.5) is 11.4 Å². The van der Waals surface area contributed by atoms with E-state index in [0.717, 1.165) is 0 Å². The molecule has 25 heavy (non-hydrogen) atoms. The lowest BCUT2D eigenvalue weighted by Crippen LogP contribution is -2.40. The normalized spacial score (nSPS) is 11.3. The van der Waals surface area contributed by atoms with Gasteiger partial charge in [0.1, 0.15) is 11.4 Å². The number of ether oxygens (including phenoxy) is 2. The molecule has 0 heterocycles. The fourth-order valence-electron chi connectivity index (χ4n) is 1.85. The third kappa shape index (κ3) is 5.24. The molecule has 0 aliphatic rings. The largest absolute Gasteiger partial charge is 0.474 e. The number of benzene rings is 2. The number of hydrogen-bond acceptors (Lipinski definition) is 6. The molecule has 0 aromatic heterocycles. The SMILES string of the molecule is CCC(=O)OC(=O)C(C)(C)Oc1ccccc1N=Nc1ccccc1. The van der Waals surface area contributed by atoms with Gasteiger partial charge in [0.05, 0.1) is 5.69 Å². The number of rotatable bonds is 6. The lowest BCUT2D eigenvalue weighted by molar-refractivity contribution is -0.169. The molecule has 0 saturated carbocycles. The Labute approximate surface area is 146 Å². The van der Waals surface area contributed by atoms with Crippen LogP contribution in [0.25, 0.3) is 0 Å². The second-order valence-corrected chi connectivity index (χ2v) is 5.73. The molecule has 6 heteroatoms. The highest BCUT2D eigenvalue weighted by molar-refractivity contribution is 5.90. The number of esters is 2. The van der Waals surface area contributed by atoms with Crippen LogP contribution in [0.15, 0.2) is 64.8 Å². The predicted octanol–water partition coefficient (Wildman–Crippen LogP) is 4.74. The first kappa shape index (κ1) is 18.3. The van der Waals surface area contributed by atoms with Crippen molar-refractivity contribution < 1.29 is 19.1 Å².